The summed E-state index contributed by atoms with van der Waals surface area (Å²) in [6.07, 6.45) is 2.50. The van der Waals surface area contributed by atoms with Crippen molar-refractivity contribution in [2.24, 2.45) is 0 Å². The van der Waals surface area contributed by atoms with Crippen molar-refractivity contribution in [3.63, 3.8) is 0 Å². The molecule has 2 N–H and O–H groups in total. The number of nitrogens with one attached hydrogen (secondary N) is 2. The third kappa shape index (κ3) is 2.61. The summed E-state index contributed by atoms with van der Waals surface area (Å²) in [5.74, 6) is 0.637. The zero-order chi connectivity index (χ0) is 15.8. The van der Waals surface area contributed by atoms with Gasteiger partial charge in [0.05, 0.1) is 6.54 Å². The molecular weight excluding hydrogens is 314 g/mol. The molecule has 0 radical (unpaired) electrons. The molecule has 0 saturated carbocycles. The van der Waals surface area contributed by atoms with Crippen molar-refractivity contribution in [1.82, 2.24) is 19.9 Å². The monoisotopic (exact) mass is 327 g/mol. The summed E-state index contributed by atoms with van der Waals surface area (Å²) < 4.78 is 1.86. The maximum atomic E-state index is 12.4. The number of carbonyl (C=O) groups is 1. The number of carbonyl (C=O) groups excluding carboxylic acids is 1. The Morgan fingerprint density at radius 1 is 1.35 bits per heavy atom. The van der Waals surface area contributed by atoms with Gasteiger partial charge < -0.3 is 10.6 Å². The maximum absolute atomic E-state index is 12.4. The molecule has 1 aliphatic heterocycles. The van der Waals surface area contributed by atoms with E-state index in [0.29, 0.717) is 23.8 Å². The summed E-state index contributed by atoms with van der Waals surface area (Å²) in [6, 6.07) is 11.0. The van der Waals surface area contributed by atoms with Crippen LogP contribution in [0.4, 0.5) is 5.69 Å². The average molecular weight is 328 g/mol. The SMILES string of the molecule is O=C(NCc1nnc2ccccn12)C1Cc2cc(Cl)ccc2N1. The Bertz CT molecular complexity index is 891. The number of halogens is 1. The molecule has 1 amide bonds. The third-order valence-corrected chi connectivity index (χ3v) is 4.18. The van der Waals surface area contributed by atoms with Crippen molar-refractivity contribution in [2.45, 2.75) is 19.0 Å². The van der Waals surface area contributed by atoms with Crippen LogP contribution in [0.15, 0.2) is 42.6 Å². The lowest BCUT2D eigenvalue weighted by Crippen LogP contribution is -2.38. The highest BCUT2D eigenvalue weighted by Gasteiger charge is 2.26. The number of anilines is 1. The van der Waals surface area contributed by atoms with E-state index in [1.807, 2.05) is 47.0 Å². The van der Waals surface area contributed by atoms with Crippen LogP contribution in [0, 0.1) is 0 Å². The van der Waals surface area contributed by atoms with Crippen LogP contribution in [0.2, 0.25) is 5.02 Å². The molecule has 0 fully saturated rings. The van der Waals surface area contributed by atoms with Gasteiger partial charge in [0.2, 0.25) is 5.91 Å². The fraction of sp³-hybridized carbons (Fsp3) is 0.188. The van der Waals surface area contributed by atoms with Crippen LogP contribution in [0.1, 0.15) is 11.4 Å². The highest BCUT2D eigenvalue weighted by molar-refractivity contribution is 6.30. The van der Waals surface area contributed by atoms with E-state index in [2.05, 4.69) is 20.8 Å². The predicted octanol–water partition coefficient (Wildman–Crippen LogP) is 2.04. The lowest BCUT2D eigenvalue weighted by atomic mass is 10.1. The number of aromatic nitrogens is 3. The minimum atomic E-state index is -0.289. The molecule has 1 aromatic carbocycles. The molecule has 1 atom stereocenters. The Kier molecular flexibility index (Phi) is 3.38. The standard InChI is InChI=1S/C16H14ClN5O/c17-11-4-5-12-10(7-11)8-13(19-12)16(23)18-9-15-21-20-14-3-1-2-6-22(14)15/h1-7,13,19H,8-9H2,(H,18,23). The zero-order valence-corrected chi connectivity index (χ0v) is 12.9. The summed E-state index contributed by atoms with van der Waals surface area (Å²) in [5.41, 5.74) is 2.78. The molecule has 23 heavy (non-hydrogen) atoms. The van der Waals surface area contributed by atoms with Crippen molar-refractivity contribution < 1.29 is 4.79 Å². The Balaban J connectivity index is 1.43. The van der Waals surface area contributed by atoms with Gasteiger partial charge >= 0.3 is 0 Å². The lowest BCUT2D eigenvalue weighted by Gasteiger charge is -2.11. The molecule has 3 heterocycles. The largest absolute Gasteiger partial charge is 0.373 e. The molecule has 0 aliphatic carbocycles. The molecule has 0 saturated heterocycles. The van der Waals surface area contributed by atoms with Crippen LogP contribution < -0.4 is 10.6 Å². The van der Waals surface area contributed by atoms with Gasteiger partial charge in [-0.1, -0.05) is 17.7 Å². The van der Waals surface area contributed by atoms with E-state index in [4.69, 9.17) is 11.6 Å². The van der Waals surface area contributed by atoms with Gasteiger partial charge in [-0.05, 0) is 35.9 Å². The van der Waals surface area contributed by atoms with Crippen molar-refractivity contribution >= 4 is 28.8 Å². The van der Waals surface area contributed by atoms with Crippen molar-refractivity contribution in [3.8, 4) is 0 Å². The highest BCUT2D eigenvalue weighted by Crippen LogP contribution is 2.28. The quantitative estimate of drug-likeness (QED) is 0.772. The Labute approximate surface area is 137 Å². The fourth-order valence-corrected chi connectivity index (χ4v) is 2.98. The second kappa shape index (κ2) is 5.55. The number of hydrogen-bond acceptors (Lipinski definition) is 4. The van der Waals surface area contributed by atoms with Crippen molar-refractivity contribution in [2.75, 3.05) is 5.32 Å². The van der Waals surface area contributed by atoms with Crippen molar-refractivity contribution in [3.05, 3.63) is 59.0 Å². The zero-order valence-electron chi connectivity index (χ0n) is 12.2. The van der Waals surface area contributed by atoms with E-state index in [1.165, 1.54) is 0 Å². The lowest BCUT2D eigenvalue weighted by molar-refractivity contribution is -0.121. The second-order valence-electron chi connectivity index (χ2n) is 5.47. The number of hydrogen-bond donors (Lipinski definition) is 2. The second-order valence-corrected chi connectivity index (χ2v) is 5.90. The molecule has 7 heteroatoms. The number of nitrogens with zero attached hydrogens (tertiary/aromatic N) is 3. The smallest absolute Gasteiger partial charge is 0.243 e. The average Bonchev–Trinajstić information content (AvgIpc) is 3.16. The fourth-order valence-electron chi connectivity index (χ4n) is 2.79. The topological polar surface area (TPSA) is 71.3 Å². The van der Waals surface area contributed by atoms with Crippen LogP contribution in [0.25, 0.3) is 5.65 Å². The van der Waals surface area contributed by atoms with Gasteiger partial charge in [0, 0.05) is 23.3 Å². The molecule has 0 bridgehead atoms. The molecular formula is C16H14ClN5O. The maximum Gasteiger partial charge on any atom is 0.243 e. The minimum Gasteiger partial charge on any atom is -0.373 e. The van der Waals surface area contributed by atoms with Crippen LogP contribution >= 0.6 is 11.6 Å². The molecule has 1 unspecified atom stereocenters. The number of pyridine rings is 1. The number of fused-ring (bicyclic) bond motifs is 2. The molecule has 4 rings (SSSR count). The minimum absolute atomic E-state index is 0.0648. The van der Waals surface area contributed by atoms with Gasteiger partial charge in [-0.15, -0.1) is 10.2 Å². The van der Waals surface area contributed by atoms with E-state index >= 15 is 0 Å². The summed E-state index contributed by atoms with van der Waals surface area (Å²) in [7, 11) is 0. The molecule has 1 aliphatic rings. The summed E-state index contributed by atoms with van der Waals surface area (Å²) in [6.45, 7) is 0.333. The van der Waals surface area contributed by atoms with E-state index < -0.39 is 0 Å². The Morgan fingerprint density at radius 3 is 3.17 bits per heavy atom. The number of amides is 1. The molecule has 0 spiro atoms. The normalized spacial score (nSPS) is 16.1. The van der Waals surface area contributed by atoms with Crippen LogP contribution in [-0.4, -0.2) is 26.5 Å². The van der Waals surface area contributed by atoms with Gasteiger partial charge in [0.15, 0.2) is 11.5 Å². The molecule has 2 aromatic heterocycles. The van der Waals surface area contributed by atoms with Gasteiger partial charge in [0.1, 0.15) is 6.04 Å². The van der Waals surface area contributed by atoms with Gasteiger partial charge in [-0.2, -0.15) is 0 Å². The van der Waals surface area contributed by atoms with Crippen LogP contribution in [0.3, 0.4) is 0 Å². The van der Waals surface area contributed by atoms with E-state index in [-0.39, 0.29) is 11.9 Å². The Morgan fingerprint density at radius 2 is 2.26 bits per heavy atom. The summed E-state index contributed by atoms with van der Waals surface area (Å²) >= 11 is 5.99. The van der Waals surface area contributed by atoms with E-state index in [1.54, 1.807) is 0 Å². The number of benzene rings is 1. The van der Waals surface area contributed by atoms with Crippen LogP contribution in [-0.2, 0) is 17.8 Å². The summed E-state index contributed by atoms with van der Waals surface area (Å²) in [4.78, 5) is 12.4. The molecule has 3 aromatic rings. The van der Waals surface area contributed by atoms with Gasteiger partial charge in [0.25, 0.3) is 0 Å². The Hall–Kier alpha value is -2.60. The van der Waals surface area contributed by atoms with E-state index in [9.17, 15) is 4.79 Å². The first kappa shape index (κ1) is 14.0. The van der Waals surface area contributed by atoms with Gasteiger partial charge in [-0.25, -0.2) is 0 Å². The van der Waals surface area contributed by atoms with E-state index in [0.717, 1.165) is 16.9 Å². The summed E-state index contributed by atoms with van der Waals surface area (Å²) in [5, 5.41) is 15.0. The van der Waals surface area contributed by atoms with Crippen molar-refractivity contribution in [1.29, 1.82) is 0 Å². The first-order valence-electron chi connectivity index (χ1n) is 7.32. The van der Waals surface area contributed by atoms with Crippen LogP contribution in [0.5, 0.6) is 0 Å². The molecule has 6 nitrogen and oxygen atoms in total. The predicted molar refractivity (Wildman–Crippen MR) is 87.4 cm³/mol. The highest BCUT2D eigenvalue weighted by atomic mass is 35.5. The third-order valence-electron chi connectivity index (χ3n) is 3.94. The molecule has 116 valence electrons. The first-order valence-corrected chi connectivity index (χ1v) is 7.70. The van der Waals surface area contributed by atoms with Gasteiger partial charge in [-0.3, -0.25) is 9.20 Å². The first-order chi connectivity index (χ1) is 11.2. The number of rotatable bonds is 3.